The highest BCUT2D eigenvalue weighted by atomic mass is 32.1. The molecule has 33 heavy (non-hydrogen) atoms. The molecule has 8 nitrogen and oxygen atoms in total. The third kappa shape index (κ3) is 5.24. The minimum Gasteiger partial charge on any atom is -0.423 e. The van der Waals surface area contributed by atoms with Crippen molar-refractivity contribution in [1.82, 2.24) is 9.36 Å². The number of esters is 1. The number of aromatic nitrogens is 2. The Morgan fingerprint density at radius 1 is 1.21 bits per heavy atom. The summed E-state index contributed by atoms with van der Waals surface area (Å²) in [6, 6.07) is 10.4. The molecule has 0 aliphatic carbocycles. The molecule has 0 spiro atoms. The molecule has 1 aliphatic heterocycles. The molecule has 1 fully saturated rings. The molecule has 2 heterocycles. The van der Waals surface area contributed by atoms with E-state index in [2.05, 4.69) is 14.3 Å². The molecule has 10 heteroatoms. The standard InChI is InChI=1S/C23H22FN3O5S/c24-19-10-15(9-16(12-28)21(19)32-20(31)11-18(30)13-29)23-25-22(26-33-23)14-3-5-17(6-4-14)27-7-1-2-8-27/h3-6,9-10,12,18,29-30H,1-2,7-8,11,13H2. The van der Waals surface area contributed by atoms with Crippen molar-refractivity contribution in [3.8, 4) is 27.7 Å². The summed E-state index contributed by atoms with van der Waals surface area (Å²) >= 11 is 1.06. The molecule has 0 saturated carbocycles. The first-order chi connectivity index (χ1) is 16.0. The molecule has 3 aromatic rings. The lowest BCUT2D eigenvalue weighted by Gasteiger charge is -2.17. The summed E-state index contributed by atoms with van der Waals surface area (Å²) in [4.78, 5) is 30.1. The van der Waals surface area contributed by atoms with E-state index in [4.69, 9.17) is 9.84 Å². The van der Waals surface area contributed by atoms with Crippen molar-refractivity contribution < 1.29 is 28.9 Å². The number of hydrogen-bond donors (Lipinski definition) is 2. The zero-order valence-corrected chi connectivity index (χ0v) is 18.4. The maximum Gasteiger partial charge on any atom is 0.314 e. The van der Waals surface area contributed by atoms with Gasteiger partial charge in [-0.15, -0.1) is 0 Å². The third-order valence-electron chi connectivity index (χ3n) is 5.30. The summed E-state index contributed by atoms with van der Waals surface area (Å²) < 4.78 is 24.0. The van der Waals surface area contributed by atoms with E-state index in [0.29, 0.717) is 22.7 Å². The van der Waals surface area contributed by atoms with Gasteiger partial charge in [-0.25, -0.2) is 9.37 Å². The van der Waals surface area contributed by atoms with Gasteiger partial charge in [0.25, 0.3) is 0 Å². The van der Waals surface area contributed by atoms with E-state index in [1.807, 2.05) is 24.3 Å². The van der Waals surface area contributed by atoms with Gasteiger partial charge in [-0.2, -0.15) is 4.37 Å². The fraction of sp³-hybridized carbons (Fsp3) is 0.304. The molecule has 1 aromatic heterocycles. The predicted octanol–water partition coefficient (Wildman–Crippen LogP) is 3.07. The first-order valence-electron chi connectivity index (χ1n) is 10.5. The van der Waals surface area contributed by atoms with E-state index >= 15 is 0 Å². The van der Waals surface area contributed by atoms with Crippen LogP contribution in [0.15, 0.2) is 36.4 Å². The molecule has 1 saturated heterocycles. The second kappa shape index (κ2) is 10.2. The topological polar surface area (TPSA) is 113 Å². The van der Waals surface area contributed by atoms with Crippen molar-refractivity contribution in [3.05, 3.63) is 47.8 Å². The second-order valence-corrected chi connectivity index (χ2v) is 8.42. The van der Waals surface area contributed by atoms with Crippen LogP contribution < -0.4 is 9.64 Å². The van der Waals surface area contributed by atoms with E-state index in [-0.39, 0.29) is 5.56 Å². The van der Waals surface area contributed by atoms with Crippen LogP contribution in [0.25, 0.3) is 22.0 Å². The maximum absolute atomic E-state index is 14.7. The lowest BCUT2D eigenvalue weighted by atomic mass is 10.1. The van der Waals surface area contributed by atoms with Crippen LogP contribution in [0.3, 0.4) is 0 Å². The van der Waals surface area contributed by atoms with Crippen LogP contribution in [0, 0.1) is 5.82 Å². The van der Waals surface area contributed by atoms with Crippen molar-refractivity contribution in [3.63, 3.8) is 0 Å². The third-order valence-corrected chi connectivity index (χ3v) is 6.06. The minimum absolute atomic E-state index is 0.177. The van der Waals surface area contributed by atoms with E-state index < -0.39 is 36.7 Å². The van der Waals surface area contributed by atoms with Crippen LogP contribution in [0.1, 0.15) is 29.6 Å². The Labute approximate surface area is 193 Å². The number of nitrogens with zero attached hydrogens (tertiary/aromatic N) is 3. The molecule has 172 valence electrons. The minimum atomic E-state index is -1.33. The van der Waals surface area contributed by atoms with E-state index in [9.17, 15) is 19.1 Å². The Kier molecular flexibility index (Phi) is 7.07. The Hall–Kier alpha value is -3.21. The smallest absolute Gasteiger partial charge is 0.314 e. The molecular weight excluding hydrogens is 449 g/mol. The number of aliphatic hydroxyl groups excluding tert-OH is 2. The average Bonchev–Trinajstić information content (AvgIpc) is 3.53. The van der Waals surface area contributed by atoms with Gasteiger partial charge in [-0.3, -0.25) is 9.59 Å². The number of ether oxygens (including phenoxy) is 1. The fourth-order valence-electron chi connectivity index (χ4n) is 3.60. The number of anilines is 1. The Morgan fingerprint density at radius 3 is 2.61 bits per heavy atom. The van der Waals surface area contributed by atoms with Crippen molar-refractivity contribution in [2.75, 3.05) is 24.6 Å². The SMILES string of the molecule is O=Cc1cc(-c2nc(-c3ccc(N4CCCC4)cc3)ns2)cc(F)c1OC(=O)CC(O)CO. The summed E-state index contributed by atoms with van der Waals surface area (Å²) in [6.07, 6.45) is 0.897. The van der Waals surface area contributed by atoms with Crippen molar-refractivity contribution in [2.45, 2.75) is 25.4 Å². The average molecular weight is 472 g/mol. The summed E-state index contributed by atoms with van der Waals surface area (Å²) in [7, 11) is 0. The number of carbonyl (C=O) groups excluding carboxylic acids is 2. The second-order valence-electron chi connectivity index (χ2n) is 7.67. The van der Waals surface area contributed by atoms with Crippen LogP contribution in [0.5, 0.6) is 5.75 Å². The van der Waals surface area contributed by atoms with E-state index in [1.54, 1.807) is 0 Å². The van der Waals surface area contributed by atoms with Crippen molar-refractivity contribution >= 4 is 29.5 Å². The Bertz CT molecular complexity index is 1150. The molecular formula is C23H22FN3O5S. The molecule has 0 amide bonds. The molecule has 1 atom stereocenters. The van der Waals surface area contributed by atoms with Gasteiger partial charge in [-0.1, -0.05) is 0 Å². The number of aliphatic hydroxyl groups is 2. The highest BCUT2D eigenvalue weighted by Crippen LogP contribution is 2.32. The highest BCUT2D eigenvalue weighted by Gasteiger charge is 2.20. The first kappa shape index (κ1) is 23.0. The van der Waals surface area contributed by atoms with Gasteiger partial charge >= 0.3 is 5.97 Å². The van der Waals surface area contributed by atoms with Crippen molar-refractivity contribution in [2.24, 2.45) is 0 Å². The lowest BCUT2D eigenvalue weighted by Crippen LogP contribution is -2.21. The quantitative estimate of drug-likeness (QED) is 0.293. The monoisotopic (exact) mass is 471 g/mol. The van der Waals surface area contributed by atoms with Gasteiger partial charge in [0, 0.05) is 29.9 Å². The molecule has 0 radical (unpaired) electrons. The van der Waals surface area contributed by atoms with Crippen LogP contribution in [-0.4, -0.2) is 57.6 Å². The maximum atomic E-state index is 14.7. The number of carbonyl (C=O) groups is 2. The number of halogens is 1. The molecule has 1 aliphatic rings. The number of benzene rings is 2. The largest absolute Gasteiger partial charge is 0.423 e. The fourth-order valence-corrected chi connectivity index (χ4v) is 4.27. The summed E-state index contributed by atoms with van der Waals surface area (Å²) in [6.45, 7) is 1.46. The predicted molar refractivity (Wildman–Crippen MR) is 121 cm³/mol. The van der Waals surface area contributed by atoms with Crippen molar-refractivity contribution in [1.29, 1.82) is 0 Å². The van der Waals surface area contributed by atoms with Crippen LogP contribution in [0.4, 0.5) is 10.1 Å². The Morgan fingerprint density at radius 2 is 1.94 bits per heavy atom. The zero-order chi connectivity index (χ0) is 23.4. The molecule has 4 rings (SSSR count). The zero-order valence-electron chi connectivity index (χ0n) is 17.6. The van der Waals surface area contributed by atoms with Gasteiger partial charge in [-0.05, 0) is 60.8 Å². The molecule has 2 N–H and O–H groups in total. The lowest BCUT2D eigenvalue weighted by molar-refractivity contribution is -0.137. The van der Waals surface area contributed by atoms with Crippen LogP contribution in [-0.2, 0) is 4.79 Å². The van der Waals surface area contributed by atoms with Gasteiger partial charge in [0.2, 0.25) is 0 Å². The van der Waals surface area contributed by atoms with Gasteiger partial charge in [0.15, 0.2) is 23.7 Å². The van der Waals surface area contributed by atoms with Gasteiger partial charge in [0.1, 0.15) is 5.01 Å². The van der Waals surface area contributed by atoms with Gasteiger partial charge < -0.3 is 19.8 Å². The molecule has 1 unspecified atom stereocenters. The molecule has 0 bridgehead atoms. The van der Waals surface area contributed by atoms with Crippen LogP contribution in [0.2, 0.25) is 0 Å². The van der Waals surface area contributed by atoms with E-state index in [1.165, 1.54) is 18.9 Å². The number of hydrogen-bond acceptors (Lipinski definition) is 9. The van der Waals surface area contributed by atoms with Gasteiger partial charge in [0.05, 0.1) is 24.7 Å². The summed E-state index contributed by atoms with van der Waals surface area (Å²) in [5, 5.41) is 18.6. The number of rotatable bonds is 8. The number of aldehydes is 1. The van der Waals surface area contributed by atoms with Crippen LogP contribution >= 0.6 is 11.5 Å². The molecule has 2 aromatic carbocycles. The summed E-state index contributed by atoms with van der Waals surface area (Å²) in [5.41, 5.74) is 2.12. The first-order valence-corrected chi connectivity index (χ1v) is 11.2. The Balaban J connectivity index is 1.54. The highest BCUT2D eigenvalue weighted by molar-refractivity contribution is 7.09. The van der Waals surface area contributed by atoms with E-state index in [0.717, 1.165) is 41.9 Å². The summed E-state index contributed by atoms with van der Waals surface area (Å²) in [5.74, 6) is -1.94. The normalized spacial score (nSPS) is 14.3.